The van der Waals surface area contributed by atoms with Crippen LogP contribution in [0.5, 0.6) is 0 Å². The van der Waals surface area contributed by atoms with Crippen LogP contribution in [0, 0.1) is 0 Å². The molecule has 8 nitrogen and oxygen atoms in total. The van der Waals surface area contributed by atoms with Gasteiger partial charge in [-0.1, -0.05) is 67.4 Å². The number of nitrogens with one attached hydrogen (secondary N) is 2. The molecule has 0 spiro atoms. The van der Waals surface area contributed by atoms with Gasteiger partial charge in [0.1, 0.15) is 0 Å². The minimum absolute atomic E-state index is 0.0985. The zero-order chi connectivity index (χ0) is 26.0. The van der Waals surface area contributed by atoms with Gasteiger partial charge in [-0.2, -0.15) is 0 Å². The number of benzene rings is 1. The zero-order valence-electron chi connectivity index (χ0n) is 20.6. The number of nitrogens with zero attached hydrogens (tertiary/aromatic N) is 1. The maximum Gasteiger partial charge on any atom is 0.254 e. The number of carbonyl (C=O) groups is 3. The number of amides is 3. The molecule has 5 N–H and O–H groups in total. The Morgan fingerprint density at radius 1 is 0.750 bits per heavy atom. The fourth-order valence-corrected chi connectivity index (χ4v) is 3.55. The van der Waals surface area contributed by atoms with Crippen LogP contribution in [0.1, 0.15) is 54.4 Å². The quantitative estimate of drug-likeness (QED) is 0.190. The standard InChI is InChI=1S/C28H36N4O4/c29-20-21-32(22-23-12-8-4-2-1-3-5-9-13-23)28(35)24-16-18-25(19-17-24)30-26(33)14-10-6-7-11-15-27(34)31-36/h1-5,8-9,12-13,16-19,36H,6-7,10-11,14-15,20-22,29H2,(H,30,33)(H,31,34). The molecule has 0 aliphatic rings. The van der Waals surface area contributed by atoms with E-state index in [0.29, 0.717) is 50.1 Å². The van der Waals surface area contributed by atoms with Gasteiger partial charge in [0.2, 0.25) is 11.8 Å². The topological polar surface area (TPSA) is 125 Å². The minimum atomic E-state index is -0.396. The first-order valence-corrected chi connectivity index (χ1v) is 12.2. The van der Waals surface area contributed by atoms with Crippen LogP contribution in [0.25, 0.3) is 0 Å². The zero-order valence-corrected chi connectivity index (χ0v) is 20.6. The third-order valence-corrected chi connectivity index (χ3v) is 5.44. The molecular formula is C28H36N4O4. The van der Waals surface area contributed by atoms with Gasteiger partial charge in [0.25, 0.3) is 5.91 Å². The summed E-state index contributed by atoms with van der Waals surface area (Å²) in [5, 5.41) is 11.3. The van der Waals surface area contributed by atoms with Crippen molar-refractivity contribution < 1.29 is 19.6 Å². The molecule has 2 rings (SSSR count). The first-order chi connectivity index (χ1) is 17.5. The van der Waals surface area contributed by atoms with Crippen LogP contribution in [0.3, 0.4) is 0 Å². The first-order valence-electron chi connectivity index (χ1n) is 12.2. The summed E-state index contributed by atoms with van der Waals surface area (Å²) < 4.78 is 0. The number of nitrogens with two attached hydrogens (primary N) is 1. The van der Waals surface area contributed by atoms with Crippen molar-refractivity contribution in [2.24, 2.45) is 5.73 Å². The Hall–Kier alpha value is -3.75. The van der Waals surface area contributed by atoms with Crippen LogP contribution in [0.4, 0.5) is 5.69 Å². The summed E-state index contributed by atoms with van der Waals surface area (Å²) in [7, 11) is 0. The molecule has 0 bridgehead atoms. The molecule has 192 valence electrons. The average molecular weight is 493 g/mol. The van der Waals surface area contributed by atoms with Crippen molar-refractivity contribution in [2.45, 2.75) is 45.1 Å². The Morgan fingerprint density at radius 3 is 1.86 bits per heavy atom. The Labute approximate surface area is 212 Å². The van der Waals surface area contributed by atoms with Crippen molar-refractivity contribution in [3.05, 3.63) is 90.0 Å². The van der Waals surface area contributed by atoms with Crippen LogP contribution >= 0.6 is 0 Å². The van der Waals surface area contributed by atoms with E-state index in [2.05, 4.69) is 5.32 Å². The van der Waals surface area contributed by atoms with E-state index in [-0.39, 0.29) is 18.2 Å². The number of rotatable bonds is 13. The molecular weight excluding hydrogens is 456 g/mol. The molecule has 0 aromatic heterocycles. The number of hydroxylamine groups is 1. The number of unbranched alkanes of at least 4 members (excludes halogenated alkanes) is 3. The van der Waals surface area contributed by atoms with E-state index in [9.17, 15) is 14.4 Å². The third kappa shape index (κ3) is 11.1. The predicted molar refractivity (Wildman–Crippen MR) is 141 cm³/mol. The first kappa shape index (κ1) is 28.5. The van der Waals surface area contributed by atoms with Crippen molar-refractivity contribution >= 4 is 23.4 Å². The van der Waals surface area contributed by atoms with E-state index in [4.69, 9.17) is 10.9 Å². The summed E-state index contributed by atoms with van der Waals surface area (Å²) in [5.41, 5.74) is 9.52. The van der Waals surface area contributed by atoms with Gasteiger partial charge in [-0.05, 0) is 42.7 Å². The Balaban J connectivity index is 1.90. The van der Waals surface area contributed by atoms with Crippen LogP contribution < -0.4 is 16.5 Å². The van der Waals surface area contributed by atoms with Gasteiger partial charge < -0.3 is 16.0 Å². The molecule has 0 saturated carbocycles. The van der Waals surface area contributed by atoms with Crippen molar-refractivity contribution in [3.63, 3.8) is 0 Å². The highest BCUT2D eigenvalue weighted by molar-refractivity contribution is 5.95. The normalized spacial score (nSPS) is 10.2. The lowest BCUT2D eigenvalue weighted by Gasteiger charge is -2.22. The number of hydrogen-bond donors (Lipinski definition) is 4. The average Bonchev–Trinajstić information content (AvgIpc) is 2.89. The lowest BCUT2D eigenvalue weighted by molar-refractivity contribution is -0.129. The lowest BCUT2D eigenvalue weighted by Crippen LogP contribution is -2.34. The second kappa shape index (κ2) is 16.8. The summed E-state index contributed by atoms with van der Waals surface area (Å²) in [5.74, 6) is -0.620. The summed E-state index contributed by atoms with van der Waals surface area (Å²) in [6.45, 7) is 1.20. The van der Waals surface area contributed by atoms with Gasteiger partial charge in [-0.25, -0.2) is 5.48 Å². The van der Waals surface area contributed by atoms with Crippen LogP contribution in [-0.4, -0.2) is 40.9 Å². The van der Waals surface area contributed by atoms with E-state index >= 15 is 0 Å². The Kier molecular flexibility index (Phi) is 13.3. The predicted octanol–water partition coefficient (Wildman–Crippen LogP) is 4.20. The molecule has 2 aromatic carbocycles. The van der Waals surface area contributed by atoms with Crippen molar-refractivity contribution in [1.29, 1.82) is 0 Å². The fraction of sp³-hybridized carbons (Fsp3) is 0.321. The Bertz CT molecular complexity index is 1000. The smallest absolute Gasteiger partial charge is 0.254 e. The molecule has 0 radical (unpaired) electrons. The van der Waals surface area contributed by atoms with Crippen LogP contribution in [0.15, 0.2) is 78.9 Å². The second-order valence-electron chi connectivity index (χ2n) is 8.35. The number of carbonyl (C=O) groups excluding carboxylic acids is 3. The van der Waals surface area contributed by atoms with Gasteiger partial charge in [-0.3, -0.25) is 19.6 Å². The monoisotopic (exact) mass is 492 g/mol. The van der Waals surface area contributed by atoms with E-state index in [1.54, 1.807) is 34.6 Å². The summed E-state index contributed by atoms with van der Waals surface area (Å²) in [4.78, 5) is 38.0. The van der Waals surface area contributed by atoms with E-state index in [1.165, 1.54) is 0 Å². The minimum Gasteiger partial charge on any atom is -0.333 e. The summed E-state index contributed by atoms with van der Waals surface area (Å²) in [6.07, 6.45) is 3.67. The molecule has 0 unspecified atom stereocenters. The SMILES string of the molecule is NCCN(Cc1ccccccccc1)C(=O)c1ccc(NC(=O)CCCCCCC(=O)NO)cc1. The highest BCUT2D eigenvalue weighted by Gasteiger charge is 2.15. The molecule has 0 aliphatic heterocycles. The summed E-state index contributed by atoms with van der Waals surface area (Å²) >= 11 is 0. The van der Waals surface area contributed by atoms with Crippen LogP contribution in [0.2, 0.25) is 0 Å². The third-order valence-electron chi connectivity index (χ3n) is 5.44. The summed E-state index contributed by atoms with van der Waals surface area (Å²) in [6, 6.07) is 24.4. The second-order valence-corrected chi connectivity index (χ2v) is 8.35. The molecule has 0 aliphatic carbocycles. The van der Waals surface area contributed by atoms with Gasteiger partial charge in [0.15, 0.2) is 0 Å². The molecule has 0 atom stereocenters. The number of anilines is 1. The van der Waals surface area contributed by atoms with Crippen molar-refractivity contribution in [1.82, 2.24) is 10.4 Å². The molecule has 0 fully saturated rings. The molecule has 0 heterocycles. The maximum atomic E-state index is 13.2. The Morgan fingerprint density at radius 2 is 1.31 bits per heavy atom. The highest BCUT2D eigenvalue weighted by Crippen LogP contribution is 2.14. The molecule has 2 aromatic rings. The van der Waals surface area contributed by atoms with E-state index < -0.39 is 5.91 Å². The maximum absolute atomic E-state index is 13.2. The molecule has 0 saturated heterocycles. The van der Waals surface area contributed by atoms with Gasteiger partial charge >= 0.3 is 0 Å². The molecule has 8 heteroatoms. The molecule has 3 amide bonds. The fourth-order valence-electron chi connectivity index (χ4n) is 3.55. The van der Waals surface area contributed by atoms with E-state index in [0.717, 1.165) is 18.4 Å². The number of hydrogen-bond acceptors (Lipinski definition) is 5. The largest absolute Gasteiger partial charge is 0.333 e. The highest BCUT2D eigenvalue weighted by atomic mass is 16.5. The van der Waals surface area contributed by atoms with Crippen molar-refractivity contribution in [2.75, 3.05) is 18.4 Å². The lowest BCUT2D eigenvalue weighted by atomic mass is 10.1. The molecule has 36 heavy (non-hydrogen) atoms. The van der Waals surface area contributed by atoms with Gasteiger partial charge in [0.05, 0.1) is 0 Å². The van der Waals surface area contributed by atoms with Gasteiger partial charge in [-0.15, -0.1) is 0 Å². The van der Waals surface area contributed by atoms with Gasteiger partial charge in [0, 0.05) is 43.7 Å². The van der Waals surface area contributed by atoms with Crippen LogP contribution in [-0.2, 0) is 16.1 Å². The van der Waals surface area contributed by atoms with E-state index in [1.807, 2.05) is 54.6 Å². The van der Waals surface area contributed by atoms with Crippen molar-refractivity contribution in [3.8, 4) is 0 Å².